The van der Waals surface area contributed by atoms with Crippen molar-refractivity contribution in [2.75, 3.05) is 5.32 Å². The summed E-state index contributed by atoms with van der Waals surface area (Å²) in [6.07, 6.45) is 0. The number of halogens is 2. The fraction of sp³-hybridized carbons (Fsp3) is 0. The summed E-state index contributed by atoms with van der Waals surface area (Å²) in [5, 5.41) is 6.39. The minimum atomic E-state index is -1.03. The molecule has 0 amide bonds. The number of thiophene rings is 1. The summed E-state index contributed by atoms with van der Waals surface area (Å²) in [5.41, 5.74) is 5.95. The molecule has 0 aliphatic heterocycles. The maximum absolute atomic E-state index is 13.7. The van der Waals surface area contributed by atoms with E-state index < -0.39 is 11.6 Å². The first-order valence-electron chi connectivity index (χ1n) is 4.66. The topological polar surface area (TPSA) is 38.0 Å². The van der Waals surface area contributed by atoms with Crippen molar-refractivity contribution in [3.05, 3.63) is 46.2 Å². The molecular weight excluding hydrogens is 262 g/mol. The van der Waals surface area contributed by atoms with Gasteiger partial charge < -0.3 is 11.1 Å². The third kappa shape index (κ3) is 2.42. The van der Waals surface area contributed by atoms with E-state index in [1.807, 2.05) is 5.38 Å². The monoisotopic (exact) mass is 270 g/mol. The lowest BCUT2D eigenvalue weighted by Crippen LogP contribution is -2.13. The van der Waals surface area contributed by atoms with Crippen molar-refractivity contribution in [3.63, 3.8) is 0 Å². The van der Waals surface area contributed by atoms with Crippen LogP contribution < -0.4 is 11.1 Å². The van der Waals surface area contributed by atoms with Crippen LogP contribution in [0.25, 0.3) is 0 Å². The molecule has 0 aliphatic rings. The summed E-state index contributed by atoms with van der Waals surface area (Å²) >= 11 is 6.08. The number of nitrogens with one attached hydrogen (secondary N) is 1. The second kappa shape index (κ2) is 4.77. The van der Waals surface area contributed by atoms with E-state index >= 15 is 0 Å². The van der Waals surface area contributed by atoms with Gasteiger partial charge in [0.1, 0.15) is 4.99 Å². The molecule has 0 radical (unpaired) electrons. The smallest absolute Gasteiger partial charge is 0.182 e. The van der Waals surface area contributed by atoms with Crippen LogP contribution in [0.3, 0.4) is 0 Å². The van der Waals surface area contributed by atoms with E-state index in [4.69, 9.17) is 5.73 Å². The summed E-state index contributed by atoms with van der Waals surface area (Å²) in [6, 6.07) is 4.53. The van der Waals surface area contributed by atoms with Crippen LogP contribution in [0.5, 0.6) is 0 Å². The predicted molar refractivity (Wildman–Crippen MR) is 69.8 cm³/mol. The van der Waals surface area contributed by atoms with Crippen LogP contribution in [0.15, 0.2) is 29.0 Å². The van der Waals surface area contributed by atoms with E-state index in [2.05, 4.69) is 17.5 Å². The molecule has 0 atom stereocenters. The first-order valence-corrected chi connectivity index (χ1v) is 6.01. The van der Waals surface area contributed by atoms with Crippen molar-refractivity contribution >= 4 is 39.9 Å². The van der Waals surface area contributed by atoms with Gasteiger partial charge in [0.05, 0.1) is 5.69 Å². The fourth-order valence-corrected chi connectivity index (χ4v) is 2.07. The fourth-order valence-electron chi connectivity index (χ4n) is 1.33. The van der Waals surface area contributed by atoms with E-state index in [9.17, 15) is 8.78 Å². The number of anilines is 2. The zero-order valence-electron chi connectivity index (χ0n) is 8.54. The van der Waals surface area contributed by atoms with Gasteiger partial charge in [0.2, 0.25) is 0 Å². The molecule has 88 valence electrons. The van der Waals surface area contributed by atoms with E-state index in [0.717, 1.165) is 0 Å². The van der Waals surface area contributed by atoms with Crippen LogP contribution in [0.2, 0.25) is 0 Å². The Labute approximate surface area is 106 Å². The lowest BCUT2D eigenvalue weighted by atomic mass is 10.1. The number of rotatable bonds is 3. The van der Waals surface area contributed by atoms with Gasteiger partial charge in [-0.25, -0.2) is 8.78 Å². The minimum Gasteiger partial charge on any atom is -0.389 e. The summed E-state index contributed by atoms with van der Waals surface area (Å²) in [6.45, 7) is 0. The highest BCUT2D eigenvalue weighted by Gasteiger charge is 2.14. The molecule has 1 heterocycles. The van der Waals surface area contributed by atoms with Crippen LogP contribution in [-0.2, 0) is 0 Å². The Balaban J connectivity index is 2.37. The zero-order chi connectivity index (χ0) is 12.4. The minimum absolute atomic E-state index is 0.0564. The lowest BCUT2D eigenvalue weighted by Gasteiger charge is -2.08. The third-order valence-electron chi connectivity index (χ3n) is 2.15. The molecule has 0 saturated heterocycles. The Kier molecular flexibility index (Phi) is 3.35. The molecular formula is C11H8F2N2S2. The van der Waals surface area contributed by atoms with Crippen LogP contribution in [-0.4, -0.2) is 4.99 Å². The van der Waals surface area contributed by atoms with Crippen molar-refractivity contribution < 1.29 is 8.78 Å². The van der Waals surface area contributed by atoms with Gasteiger partial charge in [-0.1, -0.05) is 12.2 Å². The van der Waals surface area contributed by atoms with Crippen molar-refractivity contribution in [1.82, 2.24) is 0 Å². The van der Waals surface area contributed by atoms with Crippen molar-refractivity contribution in [2.45, 2.75) is 0 Å². The summed E-state index contributed by atoms with van der Waals surface area (Å²) in [4.78, 5) is -0.163. The van der Waals surface area contributed by atoms with Crippen molar-refractivity contribution in [3.8, 4) is 0 Å². The average Bonchev–Trinajstić information content (AvgIpc) is 2.77. The summed E-state index contributed by atoms with van der Waals surface area (Å²) in [5.74, 6) is -2.01. The maximum Gasteiger partial charge on any atom is 0.182 e. The molecule has 0 spiro atoms. The van der Waals surface area contributed by atoms with E-state index in [0.29, 0.717) is 5.69 Å². The highest BCUT2D eigenvalue weighted by atomic mass is 32.1. The molecule has 0 bridgehead atoms. The maximum atomic E-state index is 13.7. The van der Waals surface area contributed by atoms with Crippen molar-refractivity contribution in [2.24, 2.45) is 5.73 Å². The number of nitrogens with two attached hydrogens (primary N) is 1. The first-order chi connectivity index (χ1) is 8.09. The lowest BCUT2D eigenvalue weighted by molar-refractivity contribution is 0.510. The van der Waals surface area contributed by atoms with E-state index in [1.54, 1.807) is 11.4 Å². The van der Waals surface area contributed by atoms with Crippen molar-refractivity contribution in [1.29, 1.82) is 0 Å². The van der Waals surface area contributed by atoms with Crippen LogP contribution in [0.4, 0.5) is 20.2 Å². The first kappa shape index (κ1) is 11.9. The Bertz CT molecular complexity index is 553. The van der Waals surface area contributed by atoms with E-state index in [-0.39, 0.29) is 16.2 Å². The Hall–Kier alpha value is -1.53. The molecule has 2 aromatic rings. The van der Waals surface area contributed by atoms with Gasteiger partial charge in [-0.2, -0.15) is 11.3 Å². The Morgan fingerprint density at radius 2 is 2.00 bits per heavy atom. The van der Waals surface area contributed by atoms with Gasteiger partial charge in [-0.15, -0.1) is 0 Å². The molecule has 17 heavy (non-hydrogen) atoms. The molecule has 0 fully saturated rings. The van der Waals surface area contributed by atoms with E-state index in [1.165, 1.54) is 23.5 Å². The van der Waals surface area contributed by atoms with Gasteiger partial charge in [0.25, 0.3) is 0 Å². The summed E-state index contributed by atoms with van der Waals surface area (Å²) < 4.78 is 27.2. The van der Waals surface area contributed by atoms with Crippen LogP contribution in [0, 0.1) is 11.6 Å². The summed E-state index contributed by atoms with van der Waals surface area (Å²) in [7, 11) is 0. The Morgan fingerprint density at radius 1 is 1.24 bits per heavy atom. The van der Waals surface area contributed by atoms with Gasteiger partial charge in [0.15, 0.2) is 11.6 Å². The molecule has 0 aliphatic carbocycles. The van der Waals surface area contributed by atoms with Crippen LogP contribution >= 0.6 is 23.6 Å². The molecule has 1 aromatic carbocycles. The SMILES string of the molecule is NC(=S)c1ccc(Nc2ccsc2)c(F)c1F. The second-order valence-electron chi connectivity index (χ2n) is 3.29. The third-order valence-corrected chi connectivity index (χ3v) is 3.05. The number of hydrogen-bond donors (Lipinski definition) is 2. The quantitative estimate of drug-likeness (QED) is 0.839. The molecule has 6 heteroatoms. The Morgan fingerprint density at radius 3 is 2.59 bits per heavy atom. The molecule has 2 rings (SSSR count). The van der Waals surface area contributed by atoms with Crippen LogP contribution in [0.1, 0.15) is 5.56 Å². The average molecular weight is 270 g/mol. The zero-order valence-corrected chi connectivity index (χ0v) is 10.2. The second-order valence-corrected chi connectivity index (χ2v) is 4.51. The standard InChI is InChI=1S/C11H8F2N2S2/c12-9-7(11(14)16)1-2-8(10(9)13)15-6-3-4-17-5-6/h1-5,15H,(H2,14,16). The van der Waals surface area contributed by atoms with Gasteiger partial charge in [0, 0.05) is 16.6 Å². The van der Waals surface area contributed by atoms with Gasteiger partial charge in [-0.05, 0) is 23.6 Å². The van der Waals surface area contributed by atoms with Gasteiger partial charge >= 0.3 is 0 Å². The highest BCUT2D eigenvalue weighted by molar-refractivity contribution is 7.80. The molecule has 3 N–H and O–H groups in total. The molecule has 1 aromatic heterocycles. The molecule has 2 nitrogen and oxygen atoms in total. The normalized spacial score (nSPS) is 10.2. The number of hydrogen-bond acceptors (Lipinski definition) is 3. The molecule has 0 unspecified atom stereocenters. The molecule has 0 saturated carbocycles. The number of thiocarbonyl (C=S) groups is 1. The number of benzene rings is 1. The van der Waals surface area contributed by atoms with Gasteiger partial charge in [-0.3, -0.25) is 0 Å². The largest absolute Gasteiger partial charge is 0.389 e. The predicted octanol–water partition coefficient (Wildman–Crippen LogP) is 3.40. The highest BCUT2D eigenvalue weighted by Crippen LogP contribution is 2.25.